The zero-order chi connectivity index (χ0) is 13.5. The fourth-order valence-electron chi connectivity index (χ4n) is 1.57. The van der Waals surface area contributed by atoms with E-state index in [0.29, 0.717) is 18.0 Å². The van der Waals surface area contributed by atoms with Crippen molar-refractivity contribution in [3.05, 3.63) is 24.0 Å². The Kier molecular flexibility index (Phi) is 5.42. The number of methoxy groups -OCH3 is 1. The van der Waals surface area contributed by atoms with Crippen molar-refractivity contribution in [1.29, 1.82) is 0 Å². The maximum absolute atomic E-state index is 13.0. The highest BCUT2D eigenvalue weighted by Crippen LogP contribution is 2.25. The quantitative estimate of drug-likeness (QED) is 0.794. The van der Waals surface area contributed by atoms with Gasteiger partial charge >= 0.3 is 5.97 Å². The van der Waals surface area contributed by atoms with E-state index in [1.54, 1.807) is 13.0 Å². The Morgan fingerprint density at radius 3 is 2.83 bits per heavy atom. The molecule has 0 amide bonds. The number of hydrogen-bond acceptors (Lipinski definition) is 4. The molecule has 1 aromatic carbocycles. The van der Waals surface area contributed by atoms with Crippen LogP contribution in [0.25, 0.3) is 0 Å². The number of esters is 1. The Bertz CT molecular complexity index is 409. The molecule has 0 spiro atoms. The van der Waals surface area contributed by atoms with E-state index in [-0.39, 0.29) is 24.2 Å². The van der Waals surface area contributed by atoms with Gasteiger partial charge in [0.15, 0.2) is 0 Å². The number of halogens is 1. The highest BCUT2D eigenvalue weighted by molar-refractivity contribution is 5.71. The molecular formula is C13H18FNO3. The Balaban J connectivity index is 2.63. The third-order valence-corrected chi connectivity index (χ3v) is 2.34. The first-order chi connectivity index (χ1) is 8.56. The van der Waals surface area contributed by atoms with Crippen LogP contribution in [-0.2, 0) is 9.53 Å². The fourth-order valence-corrected chi connectivity index (χ4v) is 1.57. The summed E-state index contributed by atoms with van der Waals surface area (Å²) in [4.78, 5) is 11.3. The van der Waals surface area contributed by atoms with Gasteiger partial charge in [-0.1, -0.05) is 0 Å². The van der Waals surface area contributed by atoms with E-state index in [1.165, 1.54) is 19.2 Å². The van der Waals surface area contributed by atoms with Crippen LogP contribution in [0, 0.1) is 5.82 Å². The molecule has 1 atom stereocenters. The number of ether oxygens (including phenoxy) is 2. The van der Waals surface area contributed by atoms with Crippen LogP contribution in [0.5, 0.6) is 5.75 Å². The molecule has 4 nitrogen and oxygen atoms in total. The van der Waals surface area contributed by atoms with Crippen LogP contribution in [0.15, 0.2) is 18.2 Å². The van der Waals surface area contributed by atoms with Crippen LogP contribution in [-0.4, -0.2) is 25.7 Å². The molecule has 0 saturated heterocycles. The number of nitrogens with one attached hydrogen (secondary N) is 1. The van der Waals surface area contributed by atoms with E-state index in [9.17, 15) is 9.18 Å². The van der Waals surface area contributed by atoms with Gasteiger partial charge in [-0.05, 0) is 26.0 Å². The van der Waals surface area contributed by atoms with E-state index in [4.69, 9.17) is 9.47 Å². The normalized spacial score (nSPS) is 11.8. The van der Waals surface area contributed by atoms with E-state index in [2.05, 4.69) is 5.32 Å². The summed E-state index contributed by atoms with van der Waals surface area (Å²) in [5, 5.41) is 3.09. The fraction of sp³-hybridized carbons (Fsp3) is 0.462. The summed E-state index contributed by atoms with van der Waals surface area (Å²) >= 11 is 0. The van der Waals surface area contributed by atoms with Crippen molar-refractivity contribution >= 4 is 11.7 Å². The topological polar surface area (TPSA) is 47.6 Å². The summed E-state index contributed by atoms with van der Waals surface area (Å²) in [6, 6.07) is 4.08. The third kappa shape index (κ3) is 4.24. The lowest BCUT2D eigenvalue weighted by Crippen LogP contribution is -2.21. The first-order valence-corrected chi connectivity index (χ1v) is 5.82. The average Bonchev–Trinajstić information content (AvgIpc) is 2.31. The lowest BCUT2D eigenvalue weighted by atomic mass is 10.2. The van der Waals surface area contributed by atoms with Gasteiger partial charge in [-0.3, -0.25) is 4.79 Å². The Hall–Kier alpha value is -1.78. The average molecular weight is 255 g/mol. The van der Waals surface area contributed by atoms with Crippen molar-refractivity contribution in [2.24, 2.45) is 0 Å². The molecule has 1 unspecified atom stereocenters. The molecule has 0 aliphatic heterocycles. The van der Waals surface area contributed by atoms with Crippen LogP contribution in [0.1, 0.15) is 20.3 Å². The number of hydrogen-bond donors (Lipinski definition) is 1. The standard InChI is InChI=1S/C13H18FNO3/c1-4-18-13(16)7-9(2)15-11-6-5-10(14)8-12(11)17-3/h5-6,8-9,15H,4,7H2,1-3H3. The minimum absolute atomic E-state index is 0.122. The number of carbonyl (C=O) groups is 1. The van der Waals surface area contributed by atoms with Gasteiger partial charge in [-0.2, -0.15) is 0 Å². The van der Waals surface area contributed by atoms with Crippen LogP contribution >= 0.6 is 0 Å². The minimum Gasteiger partial charge on any atom is -0.494 e. The van der Waals surface area contributed by atoms with Crippen molar-refractivity contribution in [3.8, 4) is 5.75 Å². The number of rotatable bonds is 6. The zero-order valence-electron chi connectivity index (χ0n) is 10.8. The molecule has 1 aromatic rings. The number of carbonyl (C=O) groups excluding carboxylic acids is 1. The predicted molar refractivity (Wildman–Crippen MR) is 67.3 cm³/mol. The maximum Gasteiger partial charge on any atom is 0.307 e. The second kappa shape index (κ2) is 6.83. The summed E-state index contributed by atoms with van der Waals surface area (Å²) in [7, 11) is 1.47. The van der Waals surface area contributed by atoms with Gasteiger partial charge < -0.3 is 14.8 Å². The zero-order valence-corrected chi connectivity index (χ0v) is 10.8. The van der Waals surface area contributed by atoms with Gasteiger partial charge in [0.2, 0.25) is 0 Å². The van der Waals surface area contributed by atoms with Gasteiger partial charge in [-0.15, -0.1) is 0 Å². The van der Waals surface area contributed by atoms with Crippen LogP contribution < -0.4 is 10.1 Å². The van der Waals surface area contributed by atoms with Crippen molar-refractivity contribution < 1.29 is 18.7 Å². The largest absolute Gasteiger partial charge is 0.494 e. The number of anilines is 1. The predicted octanol–water partition coefficient (Wildman–Crippen LogP) is 2.59. The molecule has 0 fully saturated rings. The third-order valence-electron chi connectivity index (χ3n) is 2.34. The number of benzene rings is 1. The first kappa shape index (κ1) is 14.3. The van der Waals surface area contributed by atoms with Gasteiger partial charge in [0.25, 0.3) is 0 Å². The Labute approximate surface area is 106 Å². The molecule has 0 aliphatic rings. The molecule has 0 heterocycles. The molecule has 100 valence electrons. The van der Waals surface area contributed by atoms with Crippen molar-refractivity contribution in [2.45, 2.75) is 26.3 Å². The summed E-state index contributed by atoms with van der Waals surface area (Å²) in [6.45, 7) is 3.98. The maximum atomic E-state index is 13.0. The molecule has 0 saturated carbocycles. The second-order valence-electron chi connectivity index (χ2n) is 3.90. The van der Waals surface area contributed by atoms with Crippen molar-refractivity contribution in [2.75, 3.05) is 19.0 Å². The molecule has 0 radical (unpaired) electrons. The lowest BCUT2D eigenvalue weighted by molar-refractivity contribution is -0.143. The highest BCUT2D eigenvalue weighted by atomic mass is 19.1. The molecule has 5 heteroatoms. The second-order valence-corrected chi connectivity index (χ2v) is 3.90. The molecule has 1 rings (SSSR count). The van der Waals surface area contributed by atoms with E-state index < -0.39 is 0 Å². The summed E-state index contributed by atoms with van der Waals surface area (Å²) in [5.41, 5.74) is 0.649. The molecule has 0 aromatic heterocycles. The molecular weight excluding hydrogens is 237 g/mol. The monoisotopic (exact) mass is 255 g/mol. The van der Waals surface area contributed by atoms with Crippen LogP contribution in [0.3, 0.4) is 0 Å². The smallest absolute Gasteiger partial charge is 0.307 e. The van der Waals surface area contributed by atoms with E-state index >= 15 is 0 Å². The van der Waals surface area contributed by atoms with Gasteiger partial charge in [-0.25, -0.2) is 4.39 Å². The van der Waals surface area contributed by atoms with Crippen molar-refractivity contribution in [3.63, 3.8) is 0 Å². The van der Waals surface area contributed by atoms with Crippen molar-refractivity contribution in [1.82, 2.24) is 0 Å². The van der Waals surface area contributed by atoms with E-state index in [1.807, 2.05) is 6.92 Å². The molecule has 0 bridgehead atoms. The van der Waals surface area contributed by atoms with Gasteiger partial charge in [0.1, 0.15) is 11.6 Å². The summed E-state index contributed by atoms with van der Waals surface area (Å²) in [5.74, 6) is -0.222. The van der Waals surface area contributed by atoms with E-state index in [0.717, 1.165) is 0 Å². The Morgan fingerprint density at radius 1 is 1.50 bits per heavy atom. The SMILES string of the molecule is CCOC(=O)CC(C)Nc1ccc(F)cc1OC. The van der Waals surface area contributed by atoms with Crippen LogP contribution in [0.4, 0.5) is 10.1 Å². The Morgan fingerprint density at radius 2 is 2.22 bits per heavy atom. The summed E-state index contributed by atoms with van der Waals surface area (Å²) < 4.78 is 22.9. The van der Waals surface area contributed by atoms with Gasteiger partial charge in [0.05, 0.1) is 25.8 Å². The first-order valence-electron chi connectivity index (χ1n) is 5.82. The lowest BCUT2D eigenvalue weighted by Gasteiger charge is -2.16. The molecule has 0 aliphatic carbocycles. The van der Waals surface area contributed by atoms with Gasteiger partial charge in [0, 0.05) is 12.1 Å². The van der Waals surface area contributed by atoms with Crippen LogP contribution in [0.2, 0.25) is 0 Å². The summed E-state index contributed by atoms with van der Waals surface area (Å²) in [6.07, 6.45) is 0.244. The molecule has 18 heavy (non-hydrogen) atoms. The highest BCUT2D eigenvalue weighted by Gasteiger charge is 2.12. The minimum atomic E-state index is -0.365. The molecule has 1 N–H and O–H groups in total.